The number of nitrogens with one attached hydrogen (secondary N) is 1. The molecule has 0 unspecified atom stereocenters. The van der Waals surface area contributed by atoms with Gasteiger partial charge in [0.15, 0.2) is 0 Å². The molecule has 0 saturated carbocycles. The predicted octanol–water partition coefficient (Wildman–Crippen LogP) is 3.09. The molecule has 1 aromatic heterocycles. The Labute approximate surface area is 99.8 Å². The first-order valence-electron chi connectivity index (χ1n) is 5.61. The maximum atomic E-state index is 13.7. The Balaban J connectivity index is 2.90. The summed E-state index contributed by atoms with van der Waals surface area (Å²) in [7, 11) is 0. The van der Waals surface area contributed by atoms with Crippen molar-refractivity contribution < 1.29 is 4.39 Å². The zero-order valence-electron chi connectivity index (χ0n) is 10.2. The van der Waals surface area contributed by atoms with Gasteiger partial charge in [0.1, 0.15) is 11.3 Å². The number of hydrazine groups is 1. The molecular formula is C13H16FN3. The summed E-state index contributed by atoms with van der Waals surface area (Å²) in [6.45, 7) is 6.01. The lowest BCUT2D eigenvalue weighted by Gasteiger charge is -2.17. The van der Waals surface area contributed by atoms with Gasteiger partial charge >= 0.3 is 0 Å². The van der Waals surface area contributed by atoms with Crippen LogP contribution in [0.4, 0.5) is 10.1 Å². The number of hydrogen-bond acceptors (Lipinski definition) is 3. The Hall–Kier alpha value is -1.68. The standard InChI is InChI=1S/C13H16FN3/c1-7(2)11-8(3)16-12-9(13(11)17-15)5-4-6-10(12)14/h4-7H,15H2,1-3H3,(H,16,17). The van der Waals surface area contributed by atoms with Crippen molar-refractivity contribution >= 4 is 16.6 Å². The molecule has 90 valence electrons. The number of anilines is 1. The van der Waals surface area contributed by atoms with Gasteiger partial charge in [-0.15, -0.1) is 0 Å². The number of aryl methyl sites for hydroxylation is 1. The molecule has 0 aliphatic heterocycles. The van der Waals surface area contributed by atoms with Crippen LogP contribution in [-0.4, -0.2) is 4.98 Å². The first-order chi connectivity index (χ1) is 8.06. The van der Waals surface area contributed by atoms with Gasteiger partial charge in [-0.05, 0) is 18.9 Å². The minimum Gasteiger partial charge on any atom is -0.323 e. The van der Waals surface area contributed by atoms with E-state index < -0.39 is 0 Å². The van der Waals surface area contributed by atoms with Crippen molar-refractivity contribution in [1.29, 1.82) is 0 Å². The van der Waals surface area contributed by atoms with E-state index in [2.05, 4.69) is 24.3 Å². The molecule has 4 heteroatoms. The molecule has 3 N–H and O–H groups in total. The fraction of sp³-hybridized carbons (Fsp3) is 0.308. The quantitative estimate of drug-likeness (QED) is 0.619. The number of nitrogens with zero attached hydrogens (tertiary/aromatic N) is 1. The summed E-state index contributed by atoms with van der Waals surface area (Å²) in [6.07, 6.45) is 0. The van der Waals surface area contributed by atoms with Crippen LogP contribution in [0.1, 0.15) is 31.0 Å². The normalized spacial score (nSPS) is 11.2. The van der Waals surface area contributed by atoms with Crippen molar-refractivity contribution in [2.24, 2.45) is 5.84 Å². The molecule has 1 aromatic carbocycles. The largest absolute Gasteiger partial charge is 0.323 e. The average Bonchev–Trinajstić information content (AvgIpc) is 2.28. The van der Waals surface area contributed by atoms with E-state index in [4.69, 9.17) is 5.84 Å². The van der Waals surface area contributed by atoms with Crippen molar-refractivity contribution in [3.05, 3.63) is 35.3 Å². The van der Waals surface area contributed by atoms with Gasteiger partial charge in [-0.2, -0.15) is 0 Å². The number of hydrogen-bond donors (Lipinski definition) is 2. The molecular weight excluding hydrogens is 217 g/mol. The zero-order chi connectivity index (χ0) is 12.6. The van der Waals surface area contributed by atoms with E-state index in [1.165, 1.54) is 6.07 Å². The summed E-state index contributed by atoms with van der Waals surface area (Å²) in [5.74, 6) is 5.53. The summed E-state index contributed by atoms with van der Waals surface area (Å²) in [6, 6.07) is 4.90. The third-order valence-electron chi connectivity index (χ3n) is 2.92. The van der Waals surface area contributed by atoms with E-state index in [9.17, 15) is 4.39 Å². The number of benzene rings is 1. The van der Waals surface area contributed by atoms with Gasteiger partial charge in [-0.3, -0.25) is 5.84 Å². The second-order valence-corrected chi connectivity index (χ2v) is 4.42. The Morgan fingerprint density at radius 3 is 2.65 bits per heavy atom. The minimum absolute atomic E-state index is 0.279. The molecule has 0 fully saturated rings. The Kier molecular flexibility index (Phi) is 2.98. The number of halogens is 1. The van der Waals surface area contributed by atoms with Crippen LogP contribution in [0.25, 0.3) is 10.9 Å². The van der Waals surface area contributed by atoms with Crippen LogP contribution in [0.5, 0.6) is 0 Å². The fourth-order valence-corrected chi connectivity index (χ4v) is 2.25. The maximum Gasteiger partial charge on any atom is 0.149 e. The lowest BCUT2D eigenvalue weighted by molar-refractivity contribution is 0.636. The summed E-state index contributed by atoms with van der Waals surface area (Å²) in [4.78, 5) is 4.33. The Morgan fingerprint density at radius 1 is 1.35 bits per heavy atom. The van der Waals surface area contributed by atoms with Crippen molar-refractivity contribution in [3.8, 4) is 0 Å². The summed E-state index contributed by atoms with van der Waals surface area (Å²) < 4.78 is 13.7. The predicted molar refractivity (Wildman–Crippen MR) is 68.3 cm³/mol. The van der Waals surface area contributed by atoms with Gasteiger partial charge in [0.05, 0.1) is 5.69 Å². The van der Waals surface area contributed by atoms with Crippen molar-refractivity contribution in [2.45, 2.75) is 26.7 Å². The number of para-hydroxylation sites is 1. The lowest BCUT2D eigenvalue weighted by atomic mass is 9.97. The van der Waals surface area contributed by atoms with Crippen LogP contribution < -0.4 is 11.3 Å². The summed E-state index contributed by atoms with van der Waals surface area (Å²) in [5, 5.41) is 0.724. The number of pyridine rings is 1. The molecule has 0 saturated heterocycles. The second kappa shape index (κ2) is 4.30. The smallest absolute Gasteiger partial charge is 0.149 e. The van der Waals surface area contributed by atoms with Crippen molar-refractivity contribution in [1.82, 2.24) is 4.98 Å². The fourth-order valence-electron chi connectivity index (χ4n) is 2.25. The van der Waals surface area contributed by atoms with E-state index >= 15 is 0 Å². The first-order valence-corrected chi connectivity index (χ1v) is 5.61. The number of rotatable bonds is 2. The molecule has 0 amide bonds. The average molecular weight is 233 g/mol. The highest BCUT2D eigenvalue weighted by Gasteiger charge is 2.16. The number of nitrogens with two attached hydrogens (primary N) is 1. The van der Waals surface area contributed by atoms with Crippen LogP contribution >= 0.6 is 0 Å². The van der Waals surface area contributed by atoms with Gasteiger partial charge in [0.2, 0.25) is 0 Å². The third kappa shape index (κ3) is 1.85. The number of aromatic nitrogens is 1. The number of fused-ring (bicyclic) bond motifs is 1. The number of nitrogen functional groups attached to an aromatic ring is 1. The zero-order valence-corrected chi connectivity index (χ0v) is 10.2. The molecule has 2 aromatic rings. The SMILES string of the molecule is Cc1nc2c(F)cccc2c(NN)c1C(C)C. The highest BCUT2D eigenvalue weighted by Crippen LogP contribution is 2.33. The lowest BCUT2D eigenvalue weighted by Crippen LogP contribution is -2.13. The van der Waals surface area contributed by atoms with E-state index in [1.807, 2.05) is 13.0 Å². The molecule has 0 radical (unpaired) electrons. The van der Waals surface area contributed by atoms with Gasteiger partial charge in [-0.25, -0.2) is 9.37 Å². The second-order valence-electron chi connectivity index (χ2n) is 4.42. The molecule has 1 heterocycles. The van der Waals surface area contributed by atoms with Crippen LogP contribution in [0.15, 0.2) is 18.2 Å². The van der Waals surface area contributed by atoms with Crippen LogP contribution in [0, 0.1) is 12.7 Å². The topological polar surface area (TPSA) is 50.9 Å². The van der Waals surface area contributed by atoms with E-state index in [0.717, 1.165) is 22.3 Å². The Morgan fingerprint density at radius 2 is 2.06 bits per heavy atom. The molecule has 3 nitrogen and oxygen atoms in total. The molecule has 17 heavy (non-hydrogen) atoms. The van der Waals surface area contributed by atoms with E-state index in [-0.39, 0.29) is 11.7 Å². The van der Waals surface area contributed by atoms with Crippen LogP contribution in [-0.2, 0) is 0 Å². The molecule has 2 rings (SSSR count). The van der Waals surface area contributed by atoms with Crippen molar-refractivity contribution in [3.63, 3.8) is 0 Å². The van der Waals surface area contributed by atoms with E-state index in [1.54, 1.807) is 6.07 Å². The molecule has 0 aliphatic carbocycles. The highest BCUT2D eigenvalue weighted by molar-refractivity contribution is 5.93. The third-order valence-corrected chi connectivity index (χ3v) is 2.92. The van der Waals surface area contributed by atoms with Crippen LogP contribution in [0.2, 0.25) is 0 Å². The van der Waals surface area contributed by atoms with Gasteiger partial charge < -0.3 is 5.43 Å². The highest BCUT2D eigenvalue weighted by atomic mass is 19.1. The Bertz CT molecular complexity index is 564. The van der Waals surface area contributed by atoms with E-state index in [0.29, 0.717) is 5.52 Å². The monoisotopic (exact) mass is 233 g/mol. The molecule has 0 bridgehead atoms. The molecule has 0 atom stereocenters. The molecule has 0 spiro atoms. The minimum atomic E-state index is -0.322. The van der Waals surface area contributed by atoms with Gasteiger partial charge in [-0.1, -0.05) is 26.0 Å². The first kappa shape index (κ1) is 11.8. The summed E-state index contributed by atoms with van der Waals surface area (Å²) in [5.41, 5.74) is 5.65. The van der Waals surface area contributed by atoms with Crippen LogP contribution in [0.3, 0.4) is 0 Å². The summed E-state index contributed by atoms with van der Waals surface area (Å²) >= 11 is 0. The van der Waals surface area contributed by atoms with Gasteiger partial charge in [0.25, 0.3) is 0 Å². The molecule has 0 aliphatic rings. The maximum absolute atomic E-state index is 13.7. The van der Waals surface area contributed by atoms with Crippen molar-refractivity contribution in [2.75, 3.05) is 5.43 Å². The van der Waals surface area contributed by atoms with Gasteiger partial charge in [0, 0.05) is 16.6 Å².